The molecule has 1 aliphatic rings. The van der Waals surface area contributed by atoms with E-state index in [1.807, 2.05) is 13.8 Å². The van der Waals surface area contributed by atoms with Crippen molar-refractivity contribution >= 4 is 55.1 Å². The van der Waals surface area contributed by atoms with Gasteiger partial charge in [0.25, 0.3) is 0 Å². The minimum Gasteiger partial charge on any atom is -0.465 e. The fourth-order valence-corrected chi connectivity index (χ4v) is 5.45. The lowest BCUT2D eigenvalue weighted by Crippen LogP contribution is -2.30. The van der Waals surface area contributed by atoms with E-state index in [1.54, 1.807) is 44.2 Å². The van der Waals surface area contributed by atoms with E-state index in [2.05, 4.69) is 31.8 Å². The molecule has 0 amide bonds. The first-order valence-electron chi connectivity index (χ1n) is 15.8. The van der Waals surface area contributed by atoms with Crippen molar-refractivity contribution in [3.63, 3.8) is 0 Å². The summed E-state index contributed by atoms with van der Waals surface area (Å²) < 4.78 is 26.7. The van der Waals surface area contributed by atoms with Crippen molar-refractivity contribution in [3.8, 4) is 11.5 Å². The predicted molar refractivity (Wildman–Crippen MR) is 183 cm³/mol. The smallest absolute Gasteiger partial charge is 0.330 e. The van der Waals surface area contributed by atoms with Gasteiger partial charge in [0.05, 0.1) is 49.4 Å². The van der Waals surface area contributed by atoms with Crippen LogP contribution >= 0.6 is 25.3 Å². The van der Waals surface area contributed by atoms with Gasteiger partial charge in [-0.3, -0.25) is 19.2 Å². The van der Waals surface area contributed by atoms with Gasteiger partial charge in [0, 0.05) is 22.8 Å². The molecule has 260 valence electrons. The van der Waals surface area contributed by atoms with E-state index in [9.17, 15) is 24.0 Å². The average Bonchev–Trinajstić information content (AvgIpc) is 3.07. The molecule has 3 rings (SSSR count). The van der Waals surface area contributed by atoms with Gasteiger partial charge < -0.3 is 23.7 Å². The standard InChI is InChI=1S/C36H44O10S2/c1-6-29(37)43-20-36(4,5)21-44-31(39)16-15-30(38)42-18-17-24-7-13-27(14-8-24)45-34(40)25-9-11-26(12-10-25)35(41)46-28-19-22(2)23(3)32(47)33(28)48/h6-8,13-14,19,25-26,47-48H,1,9-12,15-18,20-21H2,2-5H3. The van der Waals surface area contributed by atoms with Crippen LogP contribution in [0.1, 0.15) is 69.1 Å². The summed E-state index contributed by atoms with van der Waals surface area (Å²) in [7, 11) is 0. The highest BCUT2D eigenvalue weighted by atomic mass is 32.1. The van der Waals surface area contributed by atoms with Crippen LogP contribution in [0.2, 0.25) is 0 Å². The van der Waals surface area contributed by atoms with Gasteiger partial charge in [-0.05, 0) is 74.4 Å². The molecular formula is C36H44O10S2. The zero-order valence-electron chi connectivity index (χ0n) is 27.9. The first kappa shape index (κ1) is 38.7. The molecular weight excluding hydrogens is 657 g/mol. The summed E-state index contributed by atoms with van der Waals surface area (Å²) >= 11 is 8.94. The van der Waals surface area contributed by atoms with Crippen molar-refractivity contribution in [2.45, 2.75) is 82.4 Å². The normalized spacial score (nSPS) is 16.0. The van der Waals surface area contributed by atoms with Gasteiger partial charge in [0.15, 0.2) is 0 Å². The second kappa shape index (κ2) is 18.1. The third-order valence-corrected chi connectivity index (χ3v) is 9.26. The number of carbonyl (C=O) groups is 5. The van der Waals surface area contributed by atoms with Crippen LogP contribution in [0.15, 0.2) is 52.8 Å². The Bertz CT molecular complexity index is 1490. The number of rotatable bonds is 15. The van der Waals surface area contributed by atoms with Crippen LogP contribution in [0.4, 0.5) is 0 Å². The van der Waals surface area contributed by atoms with E-state index < -0.39 is 23.3 Å². The van der Waals surface area contributed by atoms with Gasteiger partial charge in [-0.15, -0.1) is 25.3 Å². The number of thiol groups is 2. The lowest BCUT2D eigenvalue weighted by atomic mass is 9.82. The summed E-state index contributed by atoms with van der Waals surface area (Å²) in [5.41, 5.74) is 2.23. The van der Waals surface area contributed by atoms with Crippen molar-refractivity contribution in [3.05, 3.63) is 59.7 Å². The van der Waals surface area contributed by atoms with Crippen LogP contribution in [-0.4, -0.2) is 49.7 Å². The second-order valence-electron chi connectivity index (χ2n) is 12.7. The second-order valence-corrected chi connectivity index (χ2v) is 13.6. The van der Waals surface area contributed by atoms with Gasteiger partial charge in [-0.25, -0.2) is 4.79 Å². The number of benzene rings is 2. The van der Waals surface area contributed by atoms with Crippen LogP contribution in [0, 0.1) is 31.1 Å². The quantitative estimate of drug-likeness (QED) is 0.0711. The first-order valence-corrected chi connectivity index (χ1v) is 16.7. The molecule has 0 saturated heterocycles. The molecule has 0 radical (unpaired) electrons. The first-order chi connectivity index (χ1) is 22.7. The molecule has 0 aliphatic heterocycles. The Morgan fingerprint density at radius 3 is 1.94 bits per heavy atom. The molecule has 12 heteroatoms. The SMILES string of the molecule is C=CC(=O)OCC(C)(C)COC(=O)CCC(=O)OCCc1ccc(OC(=O)C2CCC(C(=O)Oc3cc(C)c(C)c(S)c3S)CC2)cc1. The summed E-state index contributed by atoms with van der Waals surface area (Å²) in [5, 5.41) is 0. The maximum Gasteiger partial charge on any atom is 0.330 e. The fraction of sp³-hybridized carbons (Fsp3) is 0.472. The van der Waals surface area contributed by atoms with Crippen LogP contribution in [0.3, 0.4) is 0 Å². The maximum absolute atomic E-state index is 12.8. The van der Waals surface area contributed by atoms with E-state index in [0.717, 1.165) is 22.8 Å². The van der Waals surface area contributed by atoms with Gasteiger partial charge in [-0.2, -0.15) is 0 Å². The number of ether oxygens (including phenoxy) is 5. The van der Waals surface area contributed by atoms with Crippen molar-refractivity contribution in [2.24, 2.45) is 17.3 Å². The summed E-state index contributed by atoms with van der Waals surface area (Å²) in [5.74, 6) is -2.14. The Hall–Kier alpha value is -3.77. The monoisotopic (exact) mass is 700 g/mol. The lowest BCUT2D eigenvalue weighted by molar-refractivity contribution is -0.154. The molecule has 2 aromatic carbocycles. The molecule has 10 nitrogen and oxygen atoms in total. The van der Waals surface area contributed by atoms with Crippen molar-refractivity contribution in [2.75, 3.05) is 19.8 Å². The number of esters is 5. The number of aryl methyl sites for hydroxylation is 1. The molecule has 0 atom stereocenters. The molecule has 2 aromatic rings. The number of hydrogen-bond donors (Lipinski definition) is 2. The Kier molecular flexibility index (Phi) is 14.6. The summed E-state index contributed by atoms with van der Waals surface area (Å²) in [6.45, 7) is 10.9. The van der Waals surface area contributed by atoms with Gasteiger partial charge in [-0.1, -0.05) is 32.6 Å². The predicted octanol–water partition coefficient (Wildman–Crippen LogP) is 6.36. The van der Waals surface area contributed by atoms with Crippen molar-refractivity contribution in [1.29, 1.82) is 0 Å². The molecule has 1 saturated carbocycles. The third kappa shape index (κ3) is 12.0. The Morgan fingerprint density at radius 2 is 1.35 bits per heavy atom. The highest BCUT2D eigenvalue weighted by molar-refractivity contribution is 7.83. The van der Waals surface area contributed by atoms with E-state index in [1.165, 1.54) is 0 Å². The summed E-state index contributed by atoms with van der Waals surface area (Å²) in [6.07, 6.45) is 3.32. The van der Waals surface area contributed by atoms with Crippen LogP contribution in [-0.2, 0) is 44.6 Å². The number of carbonyl (C=O) groups excluding carboxylic acids is 5. The lowest BCUT2D eigenvalue weighted by Gasteiger charge is -2.26. The summed E-state index contributed by atoms with van der Waals surface area (Å²) in [6, 6.07) is 8.73. The Balaban J connectivity index is 1.33. The number of hydrogen-bond acceptors (Lipinski definition) is 12. The van der Waals surface area contributed by atoms with Crippen molar-refractivity contribution < 1.29 is 47.7 Å². The molecule has 48 heavy (non-hydrogen) atoms. The zero-order chi connectivity index (χ0) is 35.4. The topological polar surface area (TPSA) is 132 Å². The van der Waals surface area contributed by atoms with E-state index in [4.69, 9.17) is 23.7 Å². The van der Waals surface area contributed by atoms with Crippen LogP contribution in [0.5, 0.6) is 11.5 Å². The van der Waals surface area contributed by atoms with Crippen LogP contribution < -0.4 is 9.47 Å². The molecule has 1 fully saturated rings. The zero-order valence-corrected chi connectivity index (χ0v) is 29.7. The Labute approximate surface area is 292 Å². The minimum absolute atomic E-state index is 0.0261. The van der Waals surface area contributed by atoms with Gasteiger partial charge >= 0.3 is 29.8 Å². The molecule has 0 heterocycles. The molecule has 0 bridgehead atoms. The van der Waals surface area contributed by atoms with E-state index in [0.29, 0.717) is 53.4 Å². The average molecular weight is 701 g/mol. The highest BCUT2D eigenvalue weighted by Gasteiger charge is 2.32. The van der Waals surface area contributed by atoms with Gasteiger partial charge in [0.2, 0.25) is 0 Å². The van der Waals surface area contributed by atoms with E-state index >= 15 is 0 Å². The van der Waals surface area contributed by atoms with E-state index in [-0.39, 0.29) is 56.4 Å². The molecule has 0 unspecified atom stereocenters. The Morgan fingerprint density at radius 1 is 0.812 bits per heavy atom. The largest absolute Gasteiger partial charge is 0.465 e. The molecule has 0 aromatic heterocycles. The third-order valence-electron chi connectivity index (χ3n) is 8.08. The molecule has 1 aliphatic carbocycles. The van der Waals surface area contributed by atoms with Crippen LogP contribution in [0.25, 0.3) is 0 Å². The highest BCUT2D eigenvalue weighted by Crippen LogP contribution is 2.36. The summed E-state index contributed by atoms with van der Waals surface area (Å²) in [4.78, 5) is 62.2. The molecule has 0 spiro atoms. The van der Waals surface area contributed by atoms with Crippen molar-refractivity contribution in [1.82, 2.24) is 0 Å². The molecule has 0 N–H and O–H groups in total. The maximum atomic E-state index is 12.8. The minimum atomic E-state index is -0.587. The fourth-order valence-electron chi connectivity index (χ4n) is 4.89. The van der Waals surface area contributed by atoms with Gasteiger partial charge in [0.1, 0.15) is 11.5 Å².